The van der Waals surface area contributed by atoms with Gasteiger partial charge in [0, 0.05) is 37.3 Å². The van der Waals surface area contributed by atoms with Crippen molar-refractivity contribution in [1.29, 1.82) is 0 Å². The van der Waals surface area contributed by atoms with E-state index in [9.17, 15) is 9.59 Å². The quantitative estimate of drug-likeness (QED) is 0.784. The summed E-state index contributed by atoms with van der Waals surface area (Å²) in [4.78, 5) is 34.6. The molecule has 3 N–H and O–H groups in total. The standard InChI is InChI=1S/C21H27N5O2S/c1-14-5-6-15-16(12-14)29-21(19(15)20(22)28)24-18(27)13-25-8-10-26(11-9-25)17-4-2-3-7-23-17/h2-4,7,14H,5-6,8-13H2,1H3,(H2,22,28)(H,24,27)/t14-/m0/s1. The zero-order valence-electron chi connectivity index (χ0n) is 16.7. The number of rotatable bonds is 5. The van der Waals surface area contributed by atoms with Crippen LogP contribution < -0.4 is 16.0 Å². The lowest BCUT2D eigenvalue weighted by atomic mass is 9.88. The van der Waals surface area contributed by atoms with Crippen LogP contribution in [0.15, 0.2) is 24.4 Å². The molecule has 0 saturated carbocycles. The normalized spacial score (nSPS) is 19.6. The number of nitrogens with zero attached hydrogens (tertiary/aromatic N) is 3. The molecule has 154 valence electrons. The van der Waals surface area contributed by atoms with E-state index in [0.717, 1.165) is 56.8 Å². The Balaban J connectivity index is 1.36. The maximum absolute atomic E-state index is 12.7. The van der Waals surface area contributed by atoms with Crippen LogP contribution in [0.2, 0.25) is 0 Å². The summed E-state index contributed by atoms with van der Waals surface area (Å²) >= 11 is 1.51. The van der Waals surface area contributed by atoms with Gasteiger partial charge in [-0.15, -0.1) is 11.3 Å². The minimum absolute atomic E-state index is 0.0922. The second kappa shape index (κ2) is 8.51. The molecule has 2 aromatic heterocycles. The minimum Gasteiger partial charge on any atom is -0.365 e. The molecular formula is C21H27N5O2S. The predicted octanol–water partition coefficient (Wildman–Crippen LogP) is 2.13. The number of anilines is 2. The summed E-state index contributed by atoms with van der Waals surface area (Å²) in [6, 6.07) is 5.90. The van der Waals surface area contributed by atoms with E-state index in [4.69, 9.17) is 5.73 Å². The van der Waals surface area contributed by atoms with Crippen LogP contribution in [-0.4, -0.2) is 54.4 Å². The number of nitrogens with two attached hydrogens (primary N) is 1. The highest BCUT2D eigenvalue weighted by atomic mass is 32.1. The van der Waals surface area contributed by atoms with Crippen LogP contribution in [0.5, 0.6) is 0 Å². The summed E-state index contributed by atoms with van der Waals surface area (Å²) in [5.41, 5.74) is 7.20. The summed E-state index contributed by atoms with van der Waals surface area (Å²) in [6.45, 7) is 5.79. The summed E-state index contributed by atoms with van der Waals surface area (Å²) in [6.07, 6.45) is 4.66. The fraction of sp³-hybridized carbons (Fsp3) is 0.476. The molecular weight excluding hydrogens is 386 g/mol. The Morgan fingerprint density at radius 2 is 2.07 bits per heavy atom. The number of carbonyl (C=O) groups is 2. The molecule has 7 nitrogen and oxygen atoms in total. The van der Waals surface area contributed by atoms with Crippen molar-refractivity contribution in [2.75, 3.05) is 42.9 Å². The van der Waals surface area contributed by atoms with E-state index in [0.29, 0.717) is 23.0 Å². The maximum Gasteiger partial charge on any atom is 0.251 e. The minimum atomic E-state index is -0.448. The van der Waals surface area contributed by atoms with Crippen molar-refractivity contribution >= 4 is 34.0 Å². The molecule has 3 heterocycles. The molecule has 2 aromatic rings. The molecule has 0 bridgehead atoms. The Labute approximate surface area is 174 Å². The first-order valence-corrected chi connectivity index (χ1v) is 11.0. The molecule has 8 heteroatoms. The number of hydrogen-bond acceptors (Lipinski definition) is 6. The van der Waals surface area contributed by atoms with Crippen LogP contribution >= 0.6 is 11.3 Å². The van der Waals surface area contributed by atoms with Crippen LogP contribution in [-0.2, 0) is 17.6 Å². The lowest BCUT2D eigenvalue weighted by Gasteiger charge is -2.34. The predicted molar refractivity (Wildman–Crippen MR) is 116 cm³/mol. The van der Waals surface area contributed by atoms with E-state index in [2.05, 4.69) is 27.0 Å². The summed E-state index contributed by atoms with van der Waals surface area (Å²) in [5.74, 6) is 1.03. The molecule has 0 spiro atoms. The van der Waals surface area contributed by atoms with Crippen LogP contribution in [0.1, 0.15) is 34.1 Å². The third-order valence-electron chi connectivity index (χ3n) is 5.72. The number of primary amides is 1. The lowest BCUT2D eigenvalue weighted by molar-refractivity contribution is -0.117. The monoisotopic (exact) mass is 413 g/mol. The van der Waals surface area contributed by atoms with Gasteiger partial charge in [0.25, 0.3) is 5.91 Å². The first-order valence-electron chi connectivity index (χ1n) is 10.1. The molecule has 0 radical (unpaired) electrons. The van der Waals surface area contributed by atoms with E-state index in [1.54, 1.807) is 6.20 Å². The first kappa shape index (κ1) is 19.8. The van der Waals surface area contributed by atoms with Gasteiger partial charge in [-0.05, 0) is 42.9 Å². The Kier molecular flexibility index (Phi) is 5.82. The number of amides is 2. The fourth-order valence-electron chi connectivity index (χ4n) is 4.14. The van der Waals surface area contributed by atoms with E-state index in [1.165, 1.54) is 16.2 Å². The van der Waals surface area contributed by atoms with Crippen LogP contribution in [0, 0.1) is 5.92 Å². The van der Waals surface area contributed by atoms with Crippen molar-refractivity contribution in [3.8, 4) is 0 Å². The van der Waals surface area contributed by atoms with Crippen molar-refractivity contribution in [3.05, 3.63) is 40.4 Å². The highest BCUT2D eigenvalue weighted by Gasteiger charge is 2.28. The van der Waals surface area contributed by atoms with Gasteiger partial charge in [0.1, 0.15) is 10.8 Å². The number of aromatic nitrogens is 1. The number of nitrogens with one attached hydrogen (secondary N) is 1. The molecule has 0 unspecified atom stereocenters. The molecule has 1 fully saturated rings. The van der Waals surface area contributed by atoms with Gasteiger partial charge in [0.05, 0.1) is 12.1 Å². The molecule has 2 amide bonds. The Hall–Kier alpha value is -2.45. The van der Waals surface area contributed by atoms with Crippen LogP contribution in [0.25, 0.3) is 0 Å². The highest BCUT2D eigenvalue weighted by Crippen LogP contribution is 2.39. The third-order valence-corrected chi connectivity index (χ3v) is 6.89. The van der Waals surface area contributed by atoms with E-state index in [1.807, 2.05) is 18.2 Å². The molecule has 1 saturated heterocycles. The Bertz CT molecular complexity index is 890. The van der Waals surface area contributed by atoms with Gasteiger partial charge < -0.3 is 16.0 Å². The average molecular weight is 414 g/mol. The second-order valence-corrected chi connectivity index (χ2v) is 9.02. The van der Waals surface area contributed by atoms with Gasteiger partial charge in [-0.25, -0.2) is 4.98 Å². The van der Waals surface area contributed by atoms with Crippen molar-refractivity contribution in [3.63, 3.8) is 0 Å². The zero-order valence-corrected chi connectivity index (χ0v) is 17.5. The first-order chi connectivity index (χ1) is 14.0. The number of carbonyl (C=O) groups excluding carboxylic acids is 2. The largest absolute Gasteiger partial charge is 0.365 e. The SMILES string of the molecule is C[C@H]1CCc2c(sc(NC(=O)CN3CCN(c4ccccn4)CC3)c2C(N)=O)C1. The van der Waals surface area contributed by atoms with Gasteiger partial charge in [0.15, 0.2) is 0 Å². The Morgan fingerprint density at radius 3 is 2.76 bits per heavy atom. The molecule has 1 aliphatic carbocycles. The van der Waals surface area contributed by atoms with Crippen LogP contribution in [0.3, 0.4) is 0 Å². The summed E-state index contributed by atoms with van der Waals surface area (Å²) < 4.78 is 0. The number of pyridine rings is 1. The van der Waals surface area contributed by atoms with Crippen molar-refractivity contribution in [2.24, 2.45) is 11.7 Å². The summed E-state index contributed by atoms with van der Waals surface area (Å²) in [7, 11) is 0. The fourth-order valence-corrected chi connectivity index (χ4v) is 5.58. The number of piperazine rings is 1. The third kappa shape index (κ3) is 4.43. The van der Waals surface area contributed by atoms with Gasteiger partial charge in [-0.3, -0.25) is 14.5 Å². The number of fused-ring (bicyclic) bond motifs is 1. The molecule has 1 aliphatic heterocycles. The summed E-state index contributed by atoms with van der Waals surface area (Å²) in [5, 5.41) is 3.58. The Morgan fingerprint density at radius 1 is 1.28 bits per heavy atom. The van der Waals surface area contributed by atoms with Crippen molar-refractivity contribution < 1.29 is 9.59 Å². The maximum atomic E-state index is 12.7. The van der Waals surface area contributed by atoms with Gasteiger partial charge in [0.2, 0.25) is 5.91 Å². The zero-order chi connectivity index (χ0) is 20.4. The molecule has 0 aromatic carbocycles. The lowest BCUT2D eigenvalue weighted by Crippen LogP contribution is -2.48. The van der Waals surface area contributed by atoms with Crippen LogP contribution in [0.4, 0.5) is 10.8 Å². The molecule has 2 aliphatic rings. The van der Waals surface area contributed by atoms with Crippen molar-refractivity contribution in [1.82, 2.24) is 9.88 Å². The highest BCUT2D eigenvalue weighted by molar-refractivity contribution is 7.17. The van der Waals surface area contributed by atoms with E-state index in [-0.39, 0.29) is 5.91 Å². The van der Waals surface area contributed by atoms with E-state index < -0.39 is 5.91 Å². The average Bonchev–Trinajstić information content (AvgIpc) is 3.06. The van der Waals surface area contributed by atoms with Gasteiger partial charge in [-0.2, -0.15) is 0 Å². The smallest absolute Gasteiger partial charge is 0.251 e. The van der Waals surface area contributed by atoms with E-state index >= 15 is 0 Å². The topological polar surface area (TPSA) is 91.6 Å². The van der Waals surface area contributed by atoms with Crippen molar-refractivity contribution in [2.45, 2.75) is 26.2 Å². The molecule has 4 rings (SSSR count). The number of hydrogen-bond donors (Lipinski definition) is 2. The number of thiophene rings is 1. The van der Waals surface area contributed by atoms with Gasteiger partial charge >= 0.3 is 0 Å². The second-order valence-electron chi connectivity index (χ2n) is 7.92. The molecule has 1 atom stereocenters. The molecule has 29 heavy (non-hydrogen) atoms. The van der Waals surface area contributed by atoms with Gasteiger partial charge in [-0.1, -0.05) is 13.0 Å².